The highest BCUT2D eigenvalue weighted by Gasteiger charge is 2.12. The fourth-order valence-corrected chi connectivity index (χ4v) is 2.51. The van der Waals surface area contributed by atoms with Gasteiger partial charge in [0.1, 0.15) is 0 Å². The van der Waals surface area contributed by atoms with Gasteiger partial charge < -0.3 is 11.5 Å². The Kier molecular flexibility index (Phi) is 3.24. The van der Waals surface area contributed by atoms with Crippen molar-refractivity contribution < 1.29 is 0 Å². The van der Waals surface area contributed by atoms with Gasteiger partial charge in [-0.25, -0.2) is 19.9 Å². The summed E-state index contributed by atoms with van der Waals surface area (Å²) in [4.78, 5) is 21.0. The van der Waals surface area contributed by atoms with Crippen LogP contribution >= 0.6 is 0 Å². The molecule has 7 heteroatoms. The normalized spacial score (nSPS) is 10.8. The van der Waals surface area contributed by atoms with E-state index in [9.17, 15) is 0 Å². The van der Waals surface area contributed by atoms with Crippen LogP contribution in [-0.2, 0) is 0 Å². The van der Waals surface area contributed by atoms with E-state index in [4.69, 9.17) is 11.5 Å². The van der Waals surface area contributed by atoms with Crippen molar-refractivity contribution >= 4 is 22.8 Å². The zero-order chi connectivity index (χ0) is 16.5. The summed E-state index contributed by atoms with van der Waals surface area (Å²) >= 11 is 0. The molecule has 0 radical (unpaired) electrons. The quantitative estimate of drug-likeness (QED) is 0.583. The maximum atomic E-state index is 5.76. The average Bonchev–Trinajstić information content (AvgIpc) is 2.62. The van der Waals surface area contributed by atoms with Gasteiger partial charge in [0.2, 0.25) is 11.9 Å². The summed E-state index contributed by atoms with van der Waals surface area (Å²) in [6.45, 7) is 0. The first-order chi connectivity index (χ1) is 11.7. The highest BCUT2D eigenvalue weighted by atomic mass is 15.0. The van der Waals surface area contributed by atoms with E-state index in [-0.39, 0.29) is 11.9 Å². The number of nitrogens with two attached hydrogens (primary N) is 2. The fraction of sp³-hybridized carbons (Fsp3) is 0. The van der Waals surface area contributed by atoms with Crippen LogP contribution in [0.3, 0.4) is 0 Å². The van der Waals surface area contributed by atoms with Gasteiger partial charge in [0.15, 0.2) is 0 Å². The minimum Gasteiger partial charge on any atom is -0.368 e. The summed E-state index contributed by atoms with van der Waals surface area (Å²) in [7, 11) is 0. The van der Waals surface area contributed by atoms with Crippen molar-refractivity contribution in [2.24, 2.45) is 0 Å². The van der Waals surface area contributed by atoms with E-state index >= 15 is 0 Å². The number of nitrogen functional groups attached to an aromatic ring is 2. The number of rotatable bonds is 2. The second kappa shape index (κ2) is 5.54. The van der Waals surface area contributed by atoms with Crippen molar-refractivity contribution in [2.75, 3.05) is 11.5 Å². The second-order valence-electron chi connectivity index (χ2n) is 5.24. The number of para-hydroxylation sites is 1. The minimum atomic E-state index is 0.180. The van der Waals surface area contributed by atoms with Crippen LogP contribution in [0.5, 0.6) is 0 Å². The van der Waals surface area contributed by atoms with Crippen LogP contribution < -0.4 is 11.5 Å². The predicted molar refractivity (Wildman–Crippen MR) is 92.6 cm³/mol. The van der Waals surface area contributed by atoms with E-state index < -0.39 is 0 Å². The van der Waals surface area contributed by atoms with Gasteiger partial charge in [-0.1, -0.05) is 18.2 Å². The summed E-state index contributed by atoms with van der Waals surface area (Å²) in [5, 5.41) is 1.03. The Bertz CT molecular complexity index is 1030. The molecule has 0 bridgehead atoms. The van der Waals surface area contributed by atoms with Crippen LogP contribution in [0.1, 0.15) is 0 Å². The summed E-state index contributed by atoms with van der Waals surface area (Å²) in [6.07, 6.45) is 6.70. The molecule has 24 heavy (non-hydrogen) atoms. The molecule has 0 amide bonds. The Balaban J connectivity index is 1.92. The largest absolute Gasteiger partial charge is 0.368 e. The molecule has 4 aromatic rings. The van der Waals surface area contributed by atoms with E-state index in [2.05, 4.69) is 24.9 Å². The molecule has 4 N–H and O–H groups in total. The van der Waals surface area contributed by atoms with Crippen LogP contribution in [0.15, 0.2) is 55.1 Å². The number of benzene rings is 1. The van der Waals surface area contributed by atoms with Gasteiger partial charge >= 0.3 is 0 Å². The van der Waals surface area contributed by atoms with Crippen molar-refractivity contribution in [2.45, 2.75) is 0 Å². The van der Waals surface area contributed by atoms with Crippen molar-refractivity contribution in [3.05, 3.63) is 55.1 Å². The van der Waals surface area contributed by atoms with E-state index in [1.807, 2.05) is 30.3 Å². The van der Waals surface area contributed by atoms with Crippen LogP contribution in [0.4, 0.5) is 11.9 Å². The van der Waals surface area contributed by atoms with E-state index in [0.29, 0.717) is 11.3 Å². The van der Waals surface area contributed by atoms with E-state index in [1.165, 1.54) is 0 Å². The Morgan fingerprint density at radius 3 is 2.25 bits per heavy atom. The molecule has 0 saturated carbocycles. The number of aromatic nitrogens is 5. The summed E-state index contributed by atoms with van der Waals surface area (Å²) in [5.41, 5.74) is 15.3. The van der Waals surface area contributed by atoms with Crippen molar-refractivity contribution in [3.63, 3.8) is 0 Å². The van der Waals surface area contributed by atoms with E-state index in [0.717, 1.165) is 22.0 Å². The van der Waals surface area contributed by atoms with Gasteiger partial charge in [-0.15, -0.1) is 0 Å². The molecule has 0 aliphatic rings. The lowest BCUT2D eigenvalue weighted by Crippen LogP contribution is -2.00. The summed E-state index contributed by atoms with van der Waals surface area (Å²) < 4.78 is 0. The van der Waals surface area contributed by atoms with Crippen molar-refractivity contribution in [1.82, 2.24) is 24.9 Å². The fourth-order valence-electron chi connectivity index (χ4n) is 2.51. The number of nitrogens with zero attached hydrogens (tertiary/aromatic N) is 5. The summed E-state index contributed by atoms with van der Waals surface area (Å²) in [5.74, 6) is 0.383. The second-order valence-corrected chi connectivity index (χ2v) is 5.24. The minimum absolute atomic E-state index is 0.180. The van der Waals surface area contributed by atoms with Crippen LogP contribution in [0, 0.1) is 0 Å². The Labute approximate surface area is 137 Å². The van der Waals surface area contributed by atoms with E-state index in [1.54, 1.807) is 24.8 Å². The lowest BCUT2D eigenvalue weighted by Gasteiger charge is -2.09. The lowest BCUT2D eigenvalue weighted by atomic mass is 10.0. The van der Waals surface area contributed by atoms with Crippen LogP contribution in [-0.4, -0.2) is 24.9 Å². The molecule has 0 aliphatic heterocycles. The Morgan fingerprint density at radius 1 is 0.708 bits per heavy atom. The number of fused-ring (bicyclic) bond motifs is 1. The monoisotopic (exact) mass is 315 g/mol. The molecule has 4 rings (SSSR count). The molecule has 0 fully saturated rings. The molecule has 1 aromatic carbocycles. The molecule has 3 heterocycles. The molecule has 7 nitrogen and oxygen atoms in total. The highest BCUT2D eigenvalue weighted by Crippen LogP contribution is 2.31. The van der Waals surface area contributed by atoms with Gasteiger partial charge in [0, 0.05) is 46.9 Å². The highest BCUT2D eigenvalue weighted by molar-refractivity contribution is 5.87. The zero-order valence-corrected chi connectivity index (χ0v) is 12.6. The van der Waals surface area contributed by atoms with Crippen LogP contribution in [0.2, 0.25) is 0 Å². The van der Waals surface area contributed by atoms with Gasteiger partial charge in [0.05, 0.1) is 11.2 Å². The molecular weight excluding hydrogens is 302 g/mol. The first kappa shape index (κ1) is 14.0. The Morgan fingerprint density at radius 2 is 1.42 bits per heavy atom. The molecule has 116 valence electrons. The number of hydrogen-bond acceptors (Lipinski definition) is 7. The third kappa shape index (κ3) is 2.48. The molecule has 0 unspecified atom stereocenters. The first-order valence-electron chi connectivity index (χ1n) is 7.26. The lowest BCUT2D eigenvalue weighted by molar-refractivity contribution is 1.15. The van der Waals surface area contributed by atoms with Gasteiger partial charge in [-0.3, -0.25) is 4.98 Å². The molecule has 0 saturated heterocycles. The van der Waals surface area contributed by atoms with Crippen LogP contribution in [0.25, 0.3) is 33.3 Å². The SMILES string of the molecule is Nc1ncc(-c2nc(N)ncc2-c2cnc3ccccc3c2)cn1. The predicted octanol–water partition coefficient (Wildman–Crippen LogP) is 2.31. The molecule has 0 spiro atoms. The number of hydrogen-bond donors (Lipinski definition) is 2. The van der Waals surface area contributed by atoms with Crippen molar-refractivity contribution in [3.8, 4) is 22.4 Å². The number of anilines is 2. The maximum Gasteiger partial charge on any atom is 0.220 e. The average molecular weight is 315 g/mol. The third-order valence-corrected chi connectivity index (χ3v) is 3.65. The van der Waals surface area contributed by atoms with Gasteiger partial charge in [-0.05, 0) is 12.1 Å². The first-order valence-corrected chi connectivity index (χ1v) is 7.26. The topological polar surface area (TPSA) is 116 Å². The standard InChI is InChI=1S/C17H13N7/c18-16-21-7-12(8-22-16)15-13(9-23-17(19)24-15)11-5-10-3-1-2-4-14(10)20-6-11/h1-9H,(H2,18,21,22)(H2,19,23,24). The third-order valence-electron chi connectivity index (χ3n) is 3.65. The Hall–Kier alpha value is -3.61. The van der Waals surface area contributed by atoms with Crippen molar-refractivity contribution in [1.29, 1.82) is 0 Å². The number of pyridine rings is 1. The van der Waals surface area contributed by atoms with Gasteiger partial charge in [-0.2, -0.15) is 0 Å². The maximum absolute atomic E-state index is 5.76. The molecule has 0 aliphatic carbocycles. The van der Waals surface area contributed by atoms with Gasteiger partial charge in [0.25, 0.3) is 0 Å². The molecule has 3 aromatic heterocycles. The molecule has 0 atom stereocenters. The smallest absolute Gasteiger partial charge is 0.220 e. The summed E-state index contributed by atoms with van der Waals surface area (Å²) in [6, 6.07) is 9.95. The zero-order valence-electron chi connectivity index (χ0n) is 12.6. The molecular formula is C17H13N7.